The zero-order valence-electron chi connectivity index (χ0n) is 11.4. The number of nitrogens with zero attached hydrogens (tertiary/aromatic N) is 1. The van der Waals surface area contributed by atoms with Gasteiger partial charge in [-0.05, 0) is 35.9 Å². The molecule has 110 valence electrons. The van der Waals surface area contributed by atoms with Crippen LogP contribution in [0.25, 0.3) is 0 Å². The lowest BCUT2D eigenvalue weighted by Gasteiger charge is -2.10. The van der Waals surface area contributed by atoms with Gasteiger partial charge in [0.1, 0.15) is 11.5 Å². The molecule has 0 bridgehead atoms. The number of benzene rings is 2. The number of hydrogen-bond acceptors (Lipinski definition) is 4. The maximum absolute atomic E-state index is 8.64. The van der Waals surface area contributed by atoms with Crippen LogP contribution in [0.15, 0.2) is 47.6 Å². The number of hydrogen-bond donors (Lipinski definition) is 2. The minimum Gasteiger partial charge on any atom is -0.456 e. The Bertz CT molecular complexity index is 659. The molecule has 6 heteroatoms. The fraction of sp³-hybridized carbons (Fsp3) is 0.133. The number of nitrogens with two attached hydrogens (primary N) is 1. The monoisotopic (exact) mass is 306 g/mol. The Morgan fingerprint density at radius 2 is 2.10 bits per heavy atom. The van der Waals surface area contributed by atoms with Crippen LogP contribution in [0.2, 0.25) is 5.02 Å². The molecule has 2 aromatic carbocycles. The SMILES string of the molecule is COCc1cccc(Oc2ccc(C(N)=NO)cc2Cl)c1. The Morgan fingerprint density at radius 3 is 2.76 bits per heavy atom. The maximum Gasteiger partial charge on any atom is 0.170 e. The Balaban J connectivity index is 2.22. The average molecular weight is 307 g/mol. The number of ether oxygens (including phenoxy) is 2. The summed E-state index contributed by atoms with van der Waals surface area (Å²) in [5.41, 5.74) is 7.02. The molecule has 0 spiro atoms. The molecule has 0 unspecified atom stereocenters. The Labute approximate surface area is 127 Å². The first kappa shape index (κ1) is 15.2. The lowest BCUT2D eigenvalue weighted by molar-refractivity contribution is 0.184. The molecule has 0 aliphatic carbocycles. The first-order valence-electron chi connectivity index (χ1n) is 6.17. The van der Waals surface area contributed by atoms with Crippen LogP contribution in [0.3, 0.4) is 0 Å². The van der Waals surface area contributed by atoms with Crippen molar-refractivity contribution in [1.29, 1.82) is 0 Å². The zero-order chi connectivity index (χ0) is 15.2. The van der Waals surface area contributed by atoms with Crippen molar-refractivity contribution in [3.05, 3.63) is 58.6 Å². The van der Waals surface area contributed by atoms with Gasteiger partial charge < -0.3 is 20.4 Å². The highest BCUT2D eigenvalue weighted by molar-refractivity contribution is 6.32. The smallest absolute Gasteiger partial charge is 0.170 e. The fourth-order valence-electron chi connectivity index (χ4n) is 1.79. The van der Waals surface area contributed by atoms with Gasteiger partial charge in [0.25, 0.3) is 0 Å². The summed E-state index contributed by atoms with van der Waals surface area (Å²) in [6.07, 6.45) is 0. The van der Waals surface area contributed by atoms with E-state index in [0.717, 1.165) is 5.56 Å². The molecule has 0 aliphatic heterocycles. The summed E-state index contributed by atoms with van der Waals surface area (Å²) < 4.78 is 10.8. The fourth-order valence-corrected chi connectivity index (χ4v) is 2.01. The summed E-state index contributed by atoms with van der Waals surface area (Å²) >= 11 is 6.14. The van der Waals surface area contributed by atoms with Gasteiger partial charge in [-0.3, -0.25) is 0 Å². The summed E-state index contributed by atoms with van der Waals surface area (Å²) in [7, 11) is 1.64. The van der Waals surface area contributed by atoms with Gasteiger partial charge >= 0.3 is 0 Å². The lowest BCUT2D eigenvalue weighted by Crippen LogP contribution is -2.12. The van der Waals surface area contributed by atoms with E-state index in [1.807, 2.05) is 24.3 Å². The molecule has 3 N–H and O–H groups in total. The summed E-state index contributed by atoms with van der Waals surface area (Å²) in [5.74, 6) is 1.13. The first-order chi connectivity index (χ1) is 10.1. The Kier molecular flexibility index (Phi) is 5.03. The summed E-state index contributed by atoms with van der Waals surface area (Å²) in [6, 6.07) is 12.4. The lowest BCUT2D eigenvalue weighted by atomic mass is 10.2. The van der Waals surface area contributed by atoms with Crippen molar-refractivity contribution in [3.63, 3.8) is 0 Å². The molecule has 0 atom stereocenters. The van der Waals surface area contributed by atoms with E-state index in [4.69, 9.17) is 32.0 Å². The minimum absolute atomic E-state index is 0.00876. The number of amidine groups is 1. The highest BCUT2D eigenvalue weighted by Crippen LogP contribution is 2.30. The standard InChI is InChI=1S/C15H15ClN2O3/c1-20-9-10-3-2-4-12(7-10)21-14-6-5-11(8-13(14)16)15(17)18-19/h2-8,19H,9H2,1H3,(H2,17,18). The van der Waals surface area contributed by atoms with E-state index in [1.54, 1.807) is 25.3 Å². The molecule has 0 aromatic heterocycles. The van der Waals surface area contributed by atoms with Gasteiger partial charge in [0, 0.05) is 12.7 Å². The number of oxime groups is 1. The predicted molar refractivity (Wildman–Crippen MR) is 81.2 cm³/mol. The van der Waals surface area contributed by atoms with Gasteiger partial charge in [0.05, 0.1) is 11.6 Å². The quantitative estimate of drug-likeness (QED) is 0.384. The van der Waals surface area contributed by atoms with Crippen LogP contribution in [0.1, 0.15) is 11.1 Å². The third kappa shape index (κ3) is 3.87. The summed E-state index contributed by atoms with van der Waals surface area (Å²) in [6.45, 7) is 0.507. The van der Waals surface area contributed by atoms with Crippen LogP contribution in [0.4, 0.5) is 0 Å². The molecule has 0 fully saturated rings. The molecule has 21 heavy (non-hydrogen) atoms. The molecular formula is C15H15ClN2O3. The highest BCUT2D eigenvalue weighted by Gasteiger charge is 2.07. The topological polar surface area (TPSA) is 77.1 Å². The minimum atomic E-state index is -0.00876. The van der Waals surface area contributed by atoms with Crippen molar-refractivity contribution in [2.24, 2.45) is 10.9 Å². The molecule has 2 rings (SSSR count). The van der Waals surface area contributed by atoms with E-state index < -0.39 is 0 Å². The van der Waals surface area contributed by atoms with E-state index >= 15 is 0 Å². The van der Waals surface area contributed by atoms with Gasteiger partial charge in [0.15, 0.2) is 5.84 Å². The largest absolute Gasteiger partial charge is 0.456 e. The molecule has 0 saturated carbocycles. The molecule has 0 saturated heterocycles. The van der Waals surface area contributed by atoms with Crippen LogP contribution in [-0.2, 0) is 11.3 Å². The van der Waals surface area contributed by atoms with E-state index in [-0.39, 0.29) is 5.84 Å². The molecule has 0 heterocycles. The average Bonchev–Trinajstić information content (AvgIpc) is 2.49. The Morgan fingerprint density at radius 1 is 1.29 bits per heavy atom. The first-order valence-corrected chi connectivity index (χ1v) is 6.55. The van der Waals surface area contributed by atoms with Gasteiger partial charge in [-0.15, -0.1) is 0 Å². The normalized spacial score (nSPS) is 11.4. The van der Waals surface area contributed by atoms with Crippen LogP contribution in [-0.4, -0.2) is 18.2 Å². The van der Waals surface area contributed by atoms with Gasteiger partial charge in [0.2, 0.25) is 0 Å². The van der Waals surface area contributed by atoms with E-state index in [0.29, 0.717) is 28.7 Å². The second-order valence-corrected chi connectivity index (χ2v) is 4.72. The molecule has 0 aliphatic rings. The Hall–Kier alpha value is -2.24. The van der Waals surface area contributed by atoms with Crippen molar-refractivity contribution >= 4 is 17.4 Å². The van der Waals surface area contributed by atoms with Crippen LogP contribution in [0.5, 0.6) is 11.5 Å². The highest BCUT2D eigenvalue weighted by atomic mass is 35.5. The van der Waals surface area contributed by atoms with E-state index in [2.05, 4.69) is 5.16 Å². The van der Waals surface area contributed by atoms with Crippen molar-refractivity contribution in [1.82, 2.24) is 0 Å². The van der Waals surface area contributed by atoms with Crippen molar-refractivity contribution in [3.8, 4) is 11.5 Å². The van der Waals surface area contributed by atoms with Crippen molar-refractivity contribution < 1.29 is 14.7 Å². The molecule has 0 amide bonds. The molecule has 5 nitrogen and oxygen atoms in total. The van der Waals surface area contributed by atoms with Crippen LogP contribution in [0, 0.1) is 0 Å². The zero-order valence-corrected chi connectivity index (χ0v) is 12.2. The maximum atomic E-state index is 8.64. The van der Waals surface area contributed by atoms with E-state index in [1.165, 1.54) is 0 Å². The second-order valence-electron chi connectivity index (χ2n) is 4.31. The van der Waals surface area contributed by atoms with E-state index in [9.17, 15) is 0 Å². The number of rotatable bonds is 5. The summed E-state index contributed by atoms with van der Waals surface area (Å²) in [4.78, 5) is 0. The number of halogens is 1. The molecule has 0 radical (unpaired) electrons. The molecular weight excluding hydrogens is 292 g/mol. The van der Waals surface area contributed by atoms with Crippen LogP contribution < -0.4 is 10.5 Å². The molecule has 2 aromatic rings. The second kappa shape index (κ2) is 6.97. The number of methoxy groups -OCH3 is 1. The van der Waals surface area contributed by atoms with Crippen molar-refractivity contribution in [2.75, 3.05) is 7.11 Å². The van der Waals surface area contributed by atoms with Gasteiger partial charge in [-0.1, -0.05) is 28.9 Å². The predicted octanol–water partition coefficient (Wildman–Crippen LogP) is 3.37. The van der Waals surface area contributed by atoms with Crippen molar-refractivity contribution in [2.45, 2.75) is 6.61 Å². The van der Waals surface area contributed by atoms with Gasteiger partial charge in [-0.2, -0.15) is 0 Å². The third-order valence-corrected chi connectivity index (χ3v) is 3.07. The van der Waals surface area contributed by atoms with Crippen LogP contribution >= 0.6 is 11.6 Å². The third-order valence-electron chi connectivity index (χ3n) is 2.77. The van der Waals surface area contributed by atoms with Gasteiger partial charge in [-0.25, -0.2) is 0 Å². The summed E-state index contributed by atoms with van der Waals surface area (Å²) in [5, 5.41) is 11.9.